The minimum absolute atomic E-state index is 0.333. The molecule has 0 spiro atoms. The van der Waals surface area contributed by atoms with Crippen LogP contribution in [-0.2, 0) is 6.54 Å². The molecule has 0 saturated carbocycles. The number of aliphatic hydroxyl groups excluding tert-OH is 1. The summed E-state index contributed by atoms with van der Waals surface area (Å²) in [5.74, 6) is 0.355. The summed E-state index contributed by atoms with van der Waals surface area (Å²) in [6.45, 7) is 3.39. The van der Waals surface area contributed by atoms with Crippen molar-refractivity contribution in [3.63, 3.8) is 0 Å². The van der Waals surface area contributed by atoms with Gasteiger partial charge in [-0.1, -0.05) is 30.3 Å². The number of likely N-dealkylation sites (tertiary alicyclic amines) is 1. The maximum Gasteiger partial charge on any atom is 0.0703 e. The molecule has 2 unspecified atom stereocenters. The Morgan fingerprint density at radius 2 is 2.12 bits per heavy atom. The van der Waals surface area contributed by atoms with E-state index < -0.39 is 0 Å². The van der Waals surface area contributed by atoms with Gasteiger partial charge in [0.05, 0.1) is 6.10 Å². The summed E-state index contributed by atoms with van der Waals surface area (Å²) < 4.78 is 0. The minimum atomic E-state index is -0.333. The topological polar surface area (TPSA) is 49.5 Å². The summed E-state index contributed by atoms with van der Waals surface area (Å²) in [7, 11) is 0. The van der Waals surface area contributed by atoms with Crippen LogP contribution in [0.4, 0.5) is 0 Å². The van der Waals surface area contributed by atoms with Gasteiger partial charge in [0.2, 0.25) is 0 Å². The summed E-state index contributed by atoms with van der Waals surface area (Å²) >= 11 is 0. The number of benzene rings is 1. The van der Waals surface area contributed by atoms with Gasteiger partial charge in [-0.2, -0.15) is 0 Å². The fraction of sp³-hybridized carbons (Fsp3) is 0.538. The molecule has 1 aliphatic heterocycles. The lowest BCUT2D eigenvalue weighted by atomic mass is 10.0. The quantitative estimate of drug-likeness (QED) is 0.790. The molecule has 1 aromatic rings. The smallest absolute Gasteiger partial charge is 0.0703 e. The summed E-state index contributed by atoms with van der Waals surface area (Å²) in [6.07, 6.45) is 0.728. The van der Waals surface area contributed by atoms with Gasteiger partial charge in [0.15, 0.2) is 0 Å². The number of hydrogen-bond acceptors (Lipinski definition) is 3. The second kappa shape index (κ2) is 5.43. The molecule has 0 aliphatic carbocycles. The van der Waals surface area contributed by atoms with E-state index in [1.807, 2.05) is 6.07 Å². The van der Waals surface area contributed by atoms with Crippen molar-refractivity contribution in [3.05, 3.63) is 35.9 Å². The highest BCUT2D eigenvalue weighted by Gasteiger charge is 2.27. The van der Waals surface area contributed by atoms with Crippen LogP contribution in [0.15, 0.2) is 30.3 Å². The molecule has 3 nitrogen and oxygen atoms in total. The second-order valence-corrected chi connectivity index (χ2v) is 4.57. The Morgan fingerprint density at radius 3 is 2.81 bits per heavy atom. The van der Waals surface area contributed by atoms with Crippen LogP contribution in [-0.4, -0.2) is 35.7 Å². The highest BCUT2D eigenvalue weighted by atomic mass is 16.3. The summed E-state index contributed by atoms with van der Waals surface area (Å²) in [5.41, 5.74) is 6.82. The molecule has 1 aromatic carbocycles. The predicted octanol–water partition coefficient (Wildman–Crippen LogP) is 0.828. The van der Waals surface area contributed by atoms with Gasteiger partial charge in [0.1, 0.15) is 0 Å². The van der Waals surface area contributed by atoms with Crippen molar-refractivity contribution in [3.8, 4) is 0 Å². The molecule has 88 valence electrons. The third kappa shape index (κ3) is 2.82. The molecule has 0 radical (unpaired) electrons. The first kappa shape index (κ1) is 11.6. The van der Waals surface area contributed by atoms with E-state index in [0.717, 1.165) is 26.1 Å². The van der Waals surface area contributed by atoms with Crippen LogP contribution in [0.3, 0.4) is 0 Å². The Labute approximate surface area is 96.9 Å². The monoisotopic (exact) mass is 220 g/mol. The van der Waals surface area contributed by atoms with Crippen LogP contribution < -0.4 is 5.73 Å². The van der Waals surface area contributed by atoms with E-state index in [9.17, 15) is 5.11 Å². The van der Waals surface area contributed by atoms with Crippen molar-refractivity contribution in [2.75, 3.05) is 19.6 Å². The standard InChI is InChI=1S/C13H20N2O/c14-8-13(16)12-6-7-15(10-12)9-11-4-2-1-3-5-11/h1-5,12-13,16H,6-10,14H2. The van der Waals surface area contributed by atoms with Crippen LogP contribution in [0, 0.1) is 5.92 Å². The molecular weight excluding hydrogens is 200 g/mol. The zero-order chi connectivity index (χ0) is 11.4. The third-order valence-electron chi connectivity index (χ3n) is 3.34. The molecular formula is C13H20N2O. The minimum Gasteiger partial charge on any atom is -0.391 e. The lowest BCUT2D eigenvalue weighted by Crippen LogP contribution is -2.31. The van der Waals surface area contributed by atoms with Crippen molar-refractivity contribution in [2.45, 2.75) is 19.1 Å². The summed E-state index contributed by atoms with van der Waals surface area (Å²) in [5, 5.41) is 9.69. The van der Waals surface area contributed by atoms with Gasteiger partial charge < -0.3 is 10.8 Å². The summed E-state index contributed by atoms with van der Waals surface area (Å²) in [4.78, 5) is 2.39. The first-order chi connectivity index (χ1) is 7.79. The van der Waals surface area contributed by atoms with E-state index in [0.29, 0.717) is 12.5 Å². The first-order valence-electron chi connectivity index (χ1n) is 5.94. The fourth-order valence-corrected chi connectivity index (χ4v) is 2.35. The Kier molecular flexibility index (Phi) is 3.93. The molecule has 0 aromatic heterocycles. The Bertz CT molecular complexity index is 315. The third-order valence-corrected chi connectivity index (χ3v) is 3.34. The van der Waals surface area contributed by atoms with Crippen LogP contribution in [0.2, 0.25) is 0 Å². The number of aliphatic hydroxyl groups is 1. The molecule has 0 bridgehead atoms. The molecule has 1 heterocycles. The molecule has 0 amide bonds. The molecule has 1 aliphatic rings. The molecule has 2 rings (SSSR count). The number of nitrogens with two attached hydrogens (primary N) is 1. The SMILES string of the molecule is NCC(O)C1CCN(Cc2ccccc2)C1. The number of rotatable bonds is 4. The van der Waals surface area contributed by atoms with Crippen molar-refractivity contribution < 1.29 is 5.11 Å². The van der Waals surface area contributed by atoms with Crippen LogP contribution in [0.1, 0.15) is 12.0 Å². The van der Waals surface area contributed by atoms with Gasteiger partial charge in [0, 0.05) is 19.6 Å². The van der Waals surface area contributed by atoms with E-state index in [1.165, 1.54) is 5.56 Å². The van der Waals surface area contributed by atoms with Crippen LogP contribution in [0.25, 0.3) is 0 Å². The van der Waals surface area contributed by atoms with E-state index in [4.69, 9.17) is 5.73 Å². The molecule has 3 heteroatoms. The highest BCUT2D eigenvalue weighted by Crippen LogP contribution is 2.21. The predicted molar refractivity (Wildman–Crippen MR) is 64.9 cm³/mol. The van der Waals surface area contributed by atoms with Crippen molar-refractivity contribution in [1.82, 2.24) is 4.90 Å². The normalized spacial score (nSPS) is 23.5. The number of nitrogens with zero attached hydrogens (tertiary/aromatic N) is 1. The average molecular weight is 220 g/mol. The summed E-state index contributed by atoms with van der Waals surface area (Å²) in [6, 6.07) is 10.5. The van der Waals surface area contributed by atoms with Crippen molar-refractivity contribution in [1.29, 1.82) is 0 Å². The molecule has 1 saturated heterocycles. The van der Waals surface area contributed by atoms with E-state index in [1.54, 1.807) is 0 Å². The van der Waals surface area contributed by atoms with Gasteiger partial charge in [-0.3, -0.25) is 4.90 Å². The molecule has 2 atom stereocenters. The highest BCUT2D eigenvalue weighted by molar-refractivity contribution is 5.14. The second-order valence-electron chi connectivity index (χ2n) is 4.57. The van der Waals surface area contributed by atoms with Crippen LogP contribution in [0.5, 0.6) is 0 Å². The van der Waals surface area contributed by atoms with Gasteiger partial charge in [0.25, 0.3) is 0 Å². The molecule has 3 N–H and O–H groups in total. The molecule has 1 fully saturated rings. The van der Waals surface area contributed by atoms with Crippen molar-refractivity contribution in [2.24, 2.45) is 11.7 Å². The number of hydrogen-bond donors (Lipinski definition) is 2. The average Bonchev–Trinajstić information content (AvgIpc) is 2.78. The Balaban J connectivity index is 1.85. The zero-order valence-electron chi connectivity index (χ0n) is 9.55. The van der Waals surface area contributed by atoms with Gasteiger partial charge in [-0.25, -0.2) is 0 Å². The molecule has 16 heavy (non-hydrogen) atoms. The lowest BCUT2D eigenvalue weighted by molar-refractivity contribution is 0.117. The van der Waals surface area contributed by atoms with E-state index in [2.05, 4.69) is 29.2 Å². The maximum absolute atomic E-state index is 9.69. The van der Waals surface area contributed by atoms with Gasteiger partial charge >= 0.3 is 0 Å². The van der Waals surface area contributed by atoms with E-state index in [-0.39, 0.29) is 6.10 Å². The first-order valence-corrected chi connectivity index (χ1v) is 5.94. The van der Waals surface area contributed by atoms with Crippen LogP contribution >= 0.6 is 0 Å². The fourth-order valence-electron chi connectivity index (χ4n) is 2.35. The van der Waals surface area contributed by atoms with Gasteiger partial charge in [-0.15, -0.1) is 0 Å². The Morgan fingerprint density at radius 1 is 1.38 bits per heavy atom. The lowest BCUT2D eigenvalue weighted by Gasteiger charge is -2.18. The van der Waals surface area contributed by atoms with Crippen molar-refractivity contribution >= 4 is 0 Å². The van der Waals surface area contributed by atoms with Gasteiger partial charge in [-0.05, 0) is 24.4 Å². The zero-order valence-corrected chi connectivity index (χ0v) is 9.55. The maximum atomic E-state index is 9.69. The largest absolute Gasteiger partial charge is 0.391 e. The Hall–Kier alpha value is -0.900. The van der Waals surface area contributed by atoms with E-state index >= 15 is 0 Å².